The van der Waals surface area contributed by atoms with E-state index in [-0.39, 0.29) is 46.9 Å². The van der Waals surface area contributed by atoms with Gasteiger partial charge in [-0.15, -0.1) is 10.2 Å². The molecule has 1 aromatic carbocycles. The Labute approximate surface area is 192 Å². The Morgan fingerprint density at radius 1 is 1.27 bits per heavy atom. The normalized spacial score (nSPS) is 15.9. The van der Waals surface area contributed by atoms with Crippen molar-refractivity contribution < 1.29 is 23.4 Å². The fraction of sp³-hybridized carbons (Fsp3) is 0.364. The summed E-state index contributed by atoms with van der Waals surface area (Å²) in [7, 11) is 1.54. The highest BCUT2D eigenvalue weighted by molar-refractivity contribution is 7.14. The van der Waals surface area contributed by atoms with Crippen LogP contribution < -0.4 is 5.43 Å². The summed E-state index contributed by atoms with van der Waals surface area (Å²) in [4.78, 5) is 27.6. The van der Waals surface area contributed by atoms with Crippen molar-refractivity contribution in [1.29, 1.82) is 0 Å². The first kappa shape index (κ1) is 23.0. The van der Waals surface area contributed by atoms with Gasteiger partial charge in [0.1, 0.15) is 16.6 Å². The van der Waals surface area contributed by atoms with Crippen molar-refractivity contribution in [2.45, 2.75) is 38.9 Å². The van der Waals surface area contributed by atoms with Crippen molar-refractivity contribution in [3.05, 3.63) is 62.5 Å². The van der Waals surface area contributed by atoms with Crippen molar-refractivity contribution >= 4 is 17.2 Å². The zero-order valence-electron chi connectivity index (χ0n) is 18.2. The Morgan fingerprint density at radius 2 is 2.03 bits per heavy atom. The van der Waals surface area contributed by atoms with Crippen LogP contribution in [-0.4, -0.2) is 56.5 Å². The van der Waals surface area contributed by atoms with E-state index in [1.807, 2.05) is 13.8 Å². The molecule has 0 fully saturated rings. The molecular formula is C22H22F2N4O4S. The number of aromatic nitrogens is 3. The molecule has 8 nitrogen and oxygen atoms in total. The van der Waals surface area contributed by atoms with Gasteiger partial charge >= 0.3 is 0 Å². The van der Waals surface area contributed by atoms with Gasteiger partial charge in [-0.3, -0.25) is 9.59 Å². The first-order valence-electron chi connectivity index (χ1n) is 10.3. The van der Waals surface area contributed by atoms with Crippen LogP contribution in [-0.2, 0) is 17.7 Å². The standard InChI is InChI=1S/C22H22F2N4O4S/c1-11(2)28-14(10-32-3)8-27-9-15(19(29)20(30)18(27)22(28)31)21-26-25-17(33-21)6-12-4-5-13(23)7-16(12)24/h4-5,7,9,11,14,30H,6,8,10H2,1-3H3/t14-/m1/s1. The van der Waals surface area contributed by atoms with Gasteiger partial charge < -0.3 is 19.3 Å². The number of ether oxygens (including phenoxy) is 1. The molecule has 1 aliphatic rings. The van der Waals surface area contributed by atoms with Gasteiger partial charge in [-0.1, -0.05) is 17.4 Å². The van der Waals surface area contributed by atoms with E-state index in [4.69, 9.17) is 4.74 Å². The number of pyridine rings is 1. The van der Waals surface area contributed by atoms with E-state index < -0.39 is 28.7 Å². The molecule has 0 saturated heterocycles. The van der Waals surface area contributed by atoms with E-state index in [2.05, 4.69) is 10.2 Å². The zero-order valence-corrected chi connectivity index (χ0v) is 19.0. The van der Waals surface area contributed by atoms with Crippen molar-refractivity contribution in [2.75, 3.05) is 13.7 Å². The minimum atomic E-state index is -0.737. The lowest BCUT2D eigenvalue weighted by atomic mass is 10.1. The Hall–Kier alpha value is -3.18. The largest absolute Gasteiger partial charge is 0.503 e. The number of carbonyl (C=O) groups excluding carboxylic acids is 1. The zero-order chi connectivity index (χ0) is 23.9. The number of amides is 1. The molecule has 11 heteroatoms. The highest BCUT2D eigenvalue weighted by atomic mass is 32.1. The van der Waals surface area contributed by atoms with E-state index in [9.17, 15) is 23.5 Å². The predicted molar refractivity (Wildman–Crippen MR) is 117 cm³/mol. The van der Waals surface area contributed by atoms with Gasteiger partial charge in [0, 0.05) is 38.4 Å². The molecule has 174 valence electrons. The number of hydrogen-bond donors (Lipinski definition) is 1. The maximum atomic E-state index is 14.0. The third-order valence-corrected chi connectivity index (χ3v) is 6.42. The minimum absolute atomic E-state index is 0.0692. The van der Waals surface area contributed by atoms with Gasteiger partial charge in [0.15, 0.2) is 16.5 Å². The molecule has 2 aromatic heterocycles. The summed E-state index contributed by atoms with van der Waals surface area (Å²) in [5, 5.41) is 19.3. The third kappa shape index (κ3) is 4.25. The van der Waals surface area contributed by atoms with Crippen molar-refractivity contribution in [1.82, 2.24) is 19.7 Å². The van der Waals surface area contributed by atoms with Gasteiger partial charge in [-0.2, -0.15) is 0 Å². The summed E-state index contributed by atoms with van der Waals surface area (Å²) < 4.78 is 33.9. The van der Waals surface area contributed by atoms with E-state index in [1.165, 1.54) is 16.8 Å². The molecule has 0 bridgehead atoms. The Bertz CT molecular complexity index is 1270. The van der Waals surface area contributed by atoms with E-state index in [0.717, 1.165) is 23.5 Å². The summed E-state index contributed by atoms with van der Waals surface area (Å²) >= 11 is 1.06. The van der Waals surface area contributed by atoms with Crippen molar-refractivity contribution in [3.63, 3.8) is 0 Å². The van der Waals surface area contributed by atoms with Gasteiger partial charge in [0.05, 0.1) is 18.2 Å². The maximum absolute atomic E-state index is 14.0. The molecule has 1 amide bonds. The van der Waals surface area contributed by atoms with Crippen LogP contribution in [0.5, 0.6) is 5.75 Å². The number of fused-ring (bicyclic) bond motifs is 1. The van der Waals surface area contributed by atoms with Crippen molar-refractivity contribution in [2.24, 2.45) is 0 Å². The van der Waals surface area contributed by atoms with Crippen LogP contribution in [0.15, 0.2) is 29.2 Å². The lowest BCUT2D eigenvalue weighted by molar-refractivity contribution is 0.0307. The molecular weight excluding hydrogens is 454 g/mol. The second-order valence-electron chi connectivity index (χ2n) is 8.05. The van der Waals surface area contributed by atoms with Crippen LogP contribution in [0.4, 0.5) is 8.78 Å². The minimum Gasteiger partial charge on any atom is -0.503 e. The second kappa shape index (κ2) is 8.99. The number of benzene rings is 1. The number of rotatable bonds is 6. The van der Waals surface area contributed by atoms with Crippen LogP contribution in [0.25, 0.3) is 10.6 Å². The van der Waals surface area contributed by atoms with Crippen LogP contribution in [0.1, 0.15) is 34.9 Å². The summed E-state index contributed by atoms with van der Waals surface area (Å²) in [6, 6.07) is 2.84. The molecule has 4 rings (SSSR count). The molecule has 0 saturated carbocycles. The van der Waals surface area contributed by atoms with Crippen LogP contribution in [0.3, 0.4) is 0 Å². The highest BCUT2D eigenvalue weighted by Crippen LogP contribution is 2.30. The topological polar surface area (TPSA) is 97.5 Å². The first-order chi connectivity index (χ1) is 15.7. The van der Waals surface area contributed by atoms with E-state index >= 15 is 0 Å². The summed E-state index contributed by atoms with van der Waals surface area (Å²) in [5.41, 5.74) is -0.491. The maximum Gasteiger partial charge on any atom is 0.275 e. The lowest BCUT2D eigenvalue weighted by Gasteiger charge is -2.40. The fourth-order valence-electron chi connectivity index (χ4n) is 4.02. The summed E-state index contributed by atoms with van der Waals surface area (Å²) in [6.45, 7) is 4.32. The molecule has 1 atom stereocenters. The fourth-order valence-corrected chi connectivity index (χ4v) is 4.89. The lowest BCUT2D eigenvalue weighted by Crippen LogP contribution is -2.53. The van der Waals surface area contributed by atoms with Crippen LogP contribution in [0.2, 0.25) is 0 Å². The average Bonchev–Trinajstić information content (AvgIpc) is 3.20. The summed E-state index contributed by atoms with van der Waals surface area (Å²) in [6.07, 6.45) is 1.55. The average molecular weight is 477 g/mol. The quantitative estimate of drug-likeness (QED) is 0.588. The third-order valence-electron chi connectivity index (χ3n) is 5.46. The van der Waals surface area contributed by atoms with Gasteiger partial charge in [-0.05, 0) is 25.5 Å². The van der Waals surface area contributed by atoms with Crippen LogP contribution in [0, 0.1) is 11.6 Å². The first-order valence-corrected chi connectivity index (χ1v) is 11.1. The molecule has 3 heterocycles. The highest BCUT2D eigenvalue weighted by Gasteiger charge is 2.37. The van der Waals surface area contributed by atoms with Gasteiger partial charge in [-0.25, -0.2) is 8.78 Å². The number of carbonyl (C=O) groups is 1. The number of aromatic hydroxyl groups is 1. The van der Waals surface area contributed by atoms with Gasteiger partial charge in [0.2, 0.25) is 5.43 Å². The summed E-state index contributed by atoms with van der Waals surface area (Å²) in [5.74, 6) is -2.48. The monoisotopic (exact) mass is 476 g/mol. The molecule has 3 aromatic rings. The molecule has 33 heavy (non-hydrogen) atoms. The Morgan fingerprint density at radius 3 is 2.70 bits per heavy atom. The van der Waals surface area contributed by atoms with Gasteiger partial charge in [0.25, 0.3) is 5.91 Å². The number of halogens is 2. The molecule has 0 aliphatic carbocycles. The number of methoxy groups -OCH3 is 1. The van der Waals surface area contributed by atoms with E-state index in [0.29, 0.717) is 11.6 Å². The van der Waals surface area contributed by atoms with Crippen LogP contribution >= 0.6 is 11.3 Å². The predicted octanol–water partition coefficient (Wildman–Crippen LogP) is 2.82. The van der Waals surface area contributed by atoms with Crippen molar-refractivity contribution in [3.8, 4) is 16.3 Å². The molecule has 0 spiro atoms. The Balaban J connectivity index is 1.71. The molecule has 0 radical (unpaired) electrons. The molecule has 0 unspecified atom stereocenters. The Kier molecular flexibility index (Phi) is 6.26. The number of nitrogens with zero attached hydrogens (tertiary/aromatic N) is 4. The molecule has 1 aliphatic heterocycles. The second-order valence-corrected chi connectivity index (χ2v) is 9.11. The van der Waals surface area contributed by atoms with E-state index in [1.54, 1.807) is 12.0 Å². The molecule has 1 N–H and O–H groups in total. The number of hydrogen-bond acceptors (Lipinski definition) is 7. The SMILES string of the molecule is COC[C@H]1Cn2cc(-c3nnc(Cc4ccc(F)cc4F)s3)c(=O)c(O)c2C(=O)N1C(C)C. The smallest absolute Gasteiger partial charge is 0.275 e.